The van der Waals surface area contributed by atoms with Crippen molar-refractivity contribution in [1.29, 1.82) is 10.5 Å². The standard InChI is InChI=1S/C18H18N8/c19-4-2-17(3-5-20)9-18(10-17,11-21)26-8-13(7-25-26)15-14-1-6-22-16(14)24-12-23-15/h1,6-8,12H,2-3,9-11,21H2,(H,22,23,24). The van der Waals surface area contributed by atoms with Crippen LogP contribution in [0.1, 0.15) is 25.7 Å². The summed E-state index contributed by atoms with van der Waals surface area (Å²) in [5.74, 6) is 0. The molecule has 0 unspecified atom stereocenters. The summed E-state index contributed by atoms with van der Waals surface area (Å²) in [5, 5.41) is 23.7. The van der Waals surface area contributed by atoms with Crippen molar-refractivity contribution < 1.29 is 0 Å². The van der Waals surface area contributed by atoms with E-state index in [1.165, 1.54) is 6.33 Å². The number of nitriles is 2. The molecule has 0 radical (unpaired) electrons. The first-order chi connectivity index (χ1) is 12.7. The van der Waals surface area contributed by atoms with Crippen molar-refractivity contribution in [3.8, 4) is 23.4 Å². The van der Waals surface area contributed by atoms with Crippen LogP contribution in [0.4, 0.5) is 0 Å². The molecule has 0 atom stereocenters. The second kappa shape index (κ2) is 5.94. The van der Waals surface area contributed by atoms with Gasteiger partial charge in [0, 0.05) is 48.1 Å². The summed E-state index contributed by atoms with van der Waals surface area (Å²) in [7, 11) is 0. The van der Waals surface area contributed by atoms with Crippen molar-refractivity contribution in [1.82, 2.24) is 24.7 Å². The van der Waals surface area contributed by atoms with Gasteiger partial charge < -0.3 is 10.7 Å². The molecule has 0 amide bonds. The molecule has 26 heavy (non-hydrogen) atoms. The number of hydrogen-bond donors (Lipinski definition) is 2. The molecule has 3 aromatic rings. The quantitative estimate of drug-likeness (QED) is 0.726. The van der Waals surface area contributed by atoms with E-state index in [1.807, 2.05) is 23.1 Å². The minimum absolute atomic E-state index is 0.280. The molecule has 3 heterocycles. The highest BCUT2D eigenvalue weighted by molar-refractivity contribution is 5.89. The molecule has 4 rings (SSSR count). The summed E-state index contributed by atoms with van der Waals surface area (Å²) in [4.78, 5) is 11.7. The lowest BCUT2D eigenvalue weighted by atomic mass is 9.54. The van der Waals surface area contributed by atoms with E-state index in [9.17, 15) is 0 Å². The number of nitrogens with two attached hydrogens (primary N) is 1. The Labute approximate surface area is 150 Å². The topological polar surface area (TPSA) is 133 Å². The third-order valence-electron chi connectivity index (χ3n) is 5.39. The minimum atomic E-state index is -0.351. The fraction of sp³-hybridized carbons (Fsp3) is 0.389. The number of aromatic nitrogens is 5. The van der Waals surface area contributed by atoms with Gasteiger partial charge in [-0.25, -0.2) is 9.97 Å². The van der Waals surface area contributed by atoms with Crippen molar-refractivity contribution in [2.75, 3.05) is 6.54 Å². The Hall–Kier alpha value is -3.23. The van der Waals surface area contributed by atoms with Crippen LogP contribution in [0.2, 0.25) is 0 Å². The summed E-state index contributed by atoms with van der Waals surface area (Å²) in [6.45, 7) is 0.413. The van der Waals surface area contributed by atoms with E-state index in [1.54, 1.807) is 6.20 Å². The summed E-state index contributed by atoms with van der Waals surface area (Å²) in [5.41, 5.74) is 7.93. The van der Waals surface area contributed by atoms with Crippen molar-refractivity contribution in [3.63, 3.8) is 0 Å². The Morgan fingerprint density at radius 1 is 1.23 bits per heavy atom. The third-order valence-corrected chi connectivity index (χ3v) is 5.39. The van der Waals surface area contributed by atoms with Gasteiger partial charge in [-0.05, 0) is 18.9 Å². The molecule has 0 bridgehead atoms. The van der Waals surface area contributed by atoms with Crippen LogP contribution in [0, 0.1) is 28.1 Å². The molecule has 1 aliphatic carbocycles. The highest BCUT2D eigenvalue weighted by atomic mass is 15.3. The Morgan fingerprint density at radius 3 is 2.69 bits per heavy atom. The van der Waals surface area contributed by atoms with E-state index in [4.69, 9.17) is 16.3 Å². The average molecular weight is 346 g/mol. The predicted octanol–water partition coefficient (Wildman–Crippen LogP) is 2.08. The zero-order chi connectivity index (χ0) is 18.2. The van der Waals surface area contributed by atoms with Gasteiger partial charge in [-0.3, -0.25) is 4.68 Å². The second-order valence-corrected chi connectivity index (χ2v) is 7.09. The lowest BCUT2D eigenvalue weighted by Gasteiger charge is -2.54. The summed E-state index contributed by atoms with van der Waals surface area (Å²) < 4.78 is 1.88. The highest BCUT2D eigenvalue weighted by Gasteiger charge is 2.55. The number of aromatic amines is 1. The molecule has 3 N–H and O–H groups in total. The maximum atomic E-state index is 9.11. The first-order valence-electron chi connectivity index (χ1n) is 8.43. The van der Waals surface area contributed by atoms with Crippen molar-refractivity contribution in [3.05, 3.63) is 31.0 Å². The second-order valence-electron chi connectivity index (χ2n) is 7.09. The van der Waals surface area contributed by atoms with E-state index in [2.05, 4.69) is 32.2 Å². The van der Waals surface area contributed by atoms with Crippen molar-refractivity contribution in [2.24, 2.45) is 11.1 Å². The van der Waals surface area contributed by atoms with Crippen LogP contribution in [-0.4, -0.2) is 31.3 Å². The van der Waals surface area contributed by atoms with Crippen LogP contribution in [-0.2, 0) is 5.54 Å². The van der Waals surface area contributed by atoms with Crippen molar-refractivity contribution in [2.45, 2.75) is 31.2 Å². The summed E-state index contributed by atoms with van der Waals surface area (Å²) in [6.07, 6.45) is 9.19. The number of nitrogens with zero attached hydrogens (tertiary/aromatic N) is 6. The monoisotopic (exact) mass is 346 g/mol. The number of nitrogens with one attached hydrogen (secondary N) is 1. The lowest BCUT2D eigenvalue weighted by molar-refractivity contribution is -0.0250. The van der Waals surface area contributed by atoms with Gasteiger partial charge in [-0.15, -0.1) is 0 Å². The lowest BCUT2D eigenvalue weighted by Crippen LogP contribution is -2.57. The number of fused-ring (bicyclic) bond motifs is 1. The number of H-pyrrole nitrogens is 1. The molecule has 0 aromatic carbocycles. The Morgan fingerprint density at radius 2 is 2.00 bits per heavy atom. The van der Waals surface area contributed by atoms with Crippen LogP contribution in [0.25, 0.3) is 22.3 Å². The van der Waals surface area contributed by atoms with Crippen molar-refractivity contribution >= 4 is 11.0 Å². The molecule has 1 saturated carbocycles. The van der Waals surface area contributed by atoms with Gasteiger partial charge in [0.1, 0.15) is 12.0 Å². The number of hydrogen-bond acceptors (Lipinski definition) is 6. The smallest absolute Gasteiger partial charge is 0.141 e. The summed E-state index contributed by atoms with van der Waals surface area (Å²) >= 11 is 0. The summed E-state index contributed by atoms with van der Waals surface area (Å²) in [6, 6.07) is 6.37. The normalized spacial score (nSPS) is 17.3. The van der Waals surface area contributed by atoms with E-state index in [-0.39, 0.29) is 11.0 Å². The van der Waals surface area contributed by atoms with E-state index >= 15 is 0 Å². The van der Waals surface area contributed by atoms with Gasteiger partial charge in [0.15, 0.2) is 0 Å². The van der Waals surface area contributed by atoms with Crippen LogP contribution in [0.15, 0.2) is 31.0 Å². The maximum absolute atomic E-state index is 9.11. The molecular formula is C18H18N8. The average Bonchev–Trinajstić information content (AvgIpc) is 3.28. The highest BCUT2D eigenvalue weighted by Crippen LogP contribution is 2.56. The van der Waals surface area contributed by atoms with Crippen LogP contribution < -0.4 is 5.73 Å². The Bertz CT molecular complexity index is 1010. The van der Waals surface area contributed by atoms with Gasteiger partial charge in [-0.2, -0.15) is 15.6 Å². The predicted molar refractivity (Wildman–Crippen MR) is 94.3 cm³/mol. The molecular weight excluding hydrogens is 328 g/mol. The van der Waals surface area contributed by atoms with Gasteiger partial charge >= 0.3 is 0 Å². The zero-order valence-electron chi connectivity index (χ0n) is 14.2. The molecule has 8 nitrogen and oxygen atoms in total. The molecule has 1 fully saturated rings. The Balaban J connectivity index is 1.67. The molecule has 8 heteroatoms. The first-order valence-corrected chi connectivity index (χ1v) is 8.43. The van der Waals surface area contributed by atoms with E-state index in [0.717, 1.165) is 22.3 Å². The third kappa shape index (κ3) is 2.35. The molecule has 0 saturated heterocycles. The van der Waals surface area contributed by atoms with Crippen LogP contribution >= 0.6 is 0 Å². The fourth-order valence-corrected chi connectivity index (χ4v) is 4.20. The largest absolute Gasteiger partial charge is 0.346 e. The fourth-order valence-electron chi connectivity index (χ4n) is 4.20. The minimum Gasteiger partial charge on any atom is -0.346 e. The Kier molecular flexibility index (Phi) is 3.71. The number of rotatable bonds is 5. The van der Waals surface area contributed by atoms with E-state index < -0.39 is 0 Å². The maximum Gasteiger partial charge on any atom is 0.141 e. The van der Waals surface area contributed by atoms with Crippen LogP contribution in [0.5, 0.6) is 0 Å². The SMILES string of the molecule is N#CCC1(CC#N)CC(CN)(n2cc(-c3ncnc4[nH]ccc34)cn2)C1. The molecule has 0 aliphatic heterocycles. The first kappa shape index (κ1) is 16.2. The van der Waals surface area contributed by atoms with Gasteiger partial charge in [0.05, 0.1) is 29.6 Å². The molecule has 0 spiro atoms. The van der Waals surface area contributed by atoms with Gasteiger partial charge in [-0.1, -0.05) is 0 Å². The van der Waals surface area contributed by atoms with Crippen LogP contribution in [0.3, 0.4) is 0 Å². The zero-order valence-corrected chi connectivity index (χ0v) is 14.2. The molecule has 130 valence electrons. The molecule has 1 aliphatic rings. The van der Waals surface area contributed by atoms with Gasteiger partial charge in [0.25, 0.3) is 0 Å². The van der Waals surface area contributed by atoms with Gasteiger partial charge in [0.2, 0.25) is 0 Å². The molecule has 3 aromatic heterocycles. The van der Waals surface area contributed by atoms with E-state index in [0.29, 0.717) is 32.2 Å².